The lowest BCUT2D eigenvalue weighted by atomic mass is 9.79. The molecule has 2 rings (SSSR count). The maximum Gasteiger partial charge on any atom is 0.488 e. The SMILES string of the molecule is OB(O)c1ccc(C(F)(F)F)c(N2CCCCC2)c1. The highest BCUT2D eigenvalue weighted by molar-refractivity contribution is 6.58. The second-order valence-corrected chi connectivity index (χ2v) is 4.70. The molecule has 1 aromatic carbocycles. The minimum absolute atomic E-state index is 0.0396. The first-order valence-electron chi connectivity index (χ1n) is 6.22. The molecule has 0 saturated carbocycles. The molecule has 1 fully saturated rings. The van der Waals surface area contributed by atoms with Crippen LogP contribution in [0, 0.1) is 0 Å². The van der Waals surface area contributed by atoms with E-state index in [1.54, 1.807) is 4.90 Å². The van der Waals surface area contributed by atoms with Gasteiger partial charge in [0, 0.05) is 18.8 Å². The lowest BCUT2D eigenvalue weighted by molar-refractivity contribution is -0.137. The van der Waals surface area contributed by atoms with Gasteiger partial charge < -0.3 is 14.9 Å². The van der Waals surface area contributed by atoms with E-state index in [0.29, 0.717) is 13.1 Å². The molecular formula is C12H15BF3NO2. The lowest BCUT2D eigenvalue weighted by Gasteiger charge is -2.31. The van der Waals surface area contributed by atoms with Crippen LogP contribution in [0.3, 0.4) is 0 Å². The van der Waals surface area contributed by atoms with Crippen molar-refractivity contribution in [1.29, 1.82) is 0 Å². The van der Waals surface area contributed by atoms with E-state index in [1.165, 1.54) is 6.07 Å². The minimum Gasteiger partial charge on any atom is -0.423 e. The molecule has 19 heavy (non-hydrogen) atoms. The third kappa shape index (κ3) is 3.22. The van der Waals surface area contributed by atoms with Crippen LogP contribution >= 0.6 is 0 Å². The number of hydrogen-bond donors (Lipinski definition) is 2. The zero-order valence-corrected chi connectivity index (χ0v) is 10.3. The highest BCUT2D eigenvalue weighted by Gasteiger charge is 2.35. The van der Waals surface area contributed by atoms with Gasteiger partial charge in [-0.15, -0.1) is 0 Å². The molecule has 104 valence electrons. The summed E-state index contributed by atoms with van der Waals surface area (Å²) in [5, 5.41) is 18.2. The molecule has 0 amide bonds. The average Bonchev–Trinajstić information content (AvgIpc) is 2.38. The molecule has 7 heteroatoms. The van der Waals surface area contributed by atoms with Crippen molar-refractivity contribution in [3.8, 4) is 0 Å². The van der Waals surface area contributed by atoms with E-state index in [4.69, 9.17) is 10.0 Å². The molecule has 0 atom stereocenters. The molecule has 1 aromatic rings. The molecule has 1 saturated heterocycles. The van der Waals surface area contributed by atoms with Crippen molar-refractivity contribution in [2.75, 3.05) is 18.0 Å². The summed E-state index contributed by atoms with van der Waals surface area (Å²) in [4.78, 5) is 1.66. The van der Waals surface area contributed by atoms with Gasteiger partial charge in [-0.1, -0.05) is 6.07 Å². The highest BCUT2D eigenvalue weighted by atomic mass is 19.4. The standard InChI is InChI=1S/C12H15BF3NO2/c14-12(15,16)10-5-4-9(13(18)19)8-11(10)17-6-2-1-3-7-17/h4-5,8,18-19H,1-3,6-7H2. The van der Waals surface area contributed by atoms with Crippen LogP contribution in [0.5, 0.6) is 0 Å². The van der Waals surface area contributed by atoms with E-state index in [2.05, 4.69) is 0 Å². The first-order valence-corrected chi connectivity index (χ1v) is 6.22. The van der Waals surface area contributed by atoms with Crippen molar-refractivity contribution in [3.05, 3.63) is 23.8 Å². The van der Waals surface area contributed by atoms with Gasteiger partial charge in [-0.3, -0.25) is 0 Å². The van der Waals surface area contributed by atoms with Gasteiger partial charge in [0.1, 0.15) is 0 Å². The second-order valence-electron chi connectivity index (χ2n) is 4.70. The van der Waals surface area contributed by atoms with E-state index < -0.39 is 18.9 Å². The van der Waals surface area contributed by atoms with Crippen LogP contribution in [0.1, 0.15) is 24.8 Å². The molecule has 2 N–H and O–H groups in total. The van der Waals surface area contributed by atoms with E-state index in [1.807, 2.05) is 0 Å². The molecule has 0 radical (unpaired) electrons. The largest absolute Gasteiger partial charge is 0.488 e. The van der Waals surface area contributed by atoms with E-state index in [9.17, 15) is 13.2 Å². The van der Waals surface area contributed by atoms with Crippen LogP contribution in [0.2, 0.25) is 0 Å². The molecule has 0 aromatic heterocycles. The van der Waals surface area contributed by atoms with Crippen LogP contribution in [0.25, 0.3) is 0 Å². The second kappa shape index (κ2) is 5.42. The number of rotatable bonds is 2. The van der Waals surface area contributed by atoms with Gasteiger partial charge >= 0.3 is 13.3 Å². The smallest absolute Gasteiger partial charge is 0.423 e. The number of piperidine rings is 1. The summed E-state index contributed by atoms with van der Waals surface area (Å²) < 4.78 is 39.0. The Labute approximate surface area is 109 Å². The fourth-order valence-electron chi connectivity index (χ4n) is 2.35. The third-order valence-electron chi connectivity index (χ3n) is 3.32. The van der Waals surface area contributed by atoms with E-state index >= 15 is 0 Å². The zero-order chi connectivity index (χ0) is 14.0. The quantitative estimate of drug-likeness (QED) is 0.800. The van der Waals surface area contributed by atoms with Crippen LogP contribution in [-0.2, 0) is 6.18 Å². The number of hydrogen-bond acceptors (Lipinski definition) is 3. The molecule has 0 spiro atoms. The molecular weight excluding hydrogens is 258 g/mol. The fourth-order valence-corrected chi connectivity index (χ4v) is 2.35. The Balaban J connectivity index is 2.43. The summed E-state index contributed by atoms with van der Waals surface area (Å²) in [5.41, 5.74) is -0.606. The van der Waals surface area contributed by atoms with Gasteiger partial charge in [-0.2, -0.15) is 13.2 Å². The van der Waals surface area contributed by atoms with Crippen molar-refractivity contribution >= 4 is 18.3 Å². The van der Waals surface area contributed by atoms with Gasteiger partial charge in [-0.25, -0.2) is 0 Å². The third-order valence-corrected chi connectivity index (χ3v) is 3.32. The molecule has 0 aliphatic carbocycles. The van der Waals surface area contributed by atoms with Gasteiger partial charge in [-0.05, 0) is 36.9 Å². The van der Waals surface area contributed by atoms with Gasteiger partial charge in [0.25, 0.3) is 0 Å². The number of anilines is 1. The Morgan fingerprint density at radius 1 is 1.05 bits per heavy atom. The summed E-state index contributed by atoms with van der Waals surface area (Å²) in [7, 11) is -1.76. The van der Waals surface area contributed by atoms with Gasteiger partial charge in [0.05, 0.1) is 5.56 Å². The van der Waals surface area contributed by atoms with Crippen LogP contribution in [0.4, 0.5) is 18.9 Å². The lowest BCUT2D eigenvalue weighted by Crippen LogP contribution is -2.35. The minimum atomic E-state index is -4.44. The Morgan fingerprint density at radius 2 is 1.68 bits per heavy atom. The fraction of sp³-hybridized carbons (Fsp3) is 0.500. The van der Waals surface area contributed by atoms with Crippen molar-refractivity contribution in [3.63, 3.8) is 0 Å². The summed E-state index contributed by atoms with van der Waals surface area (Å²) in [6.45, 7) is 1.13. The maximum atomic E-state index is 13.0. The molecule has 1 heterocycles. The molecule has 0 unspecified atom stereocenters. The predicted octanol–water partition coefficient (Wildman–Crippen LogP) is 1.38. The van der Waals surface area contributed by atoms with Crippen molar-refractivity contribution in [1.82, 2.24) is 0 Å². The number of nitrogens with zero attached hydrogens (tertiary/aromatic N) is 1. The molecule has 1 aliphatic heterocycles. The maximum absolute atomic E-state index is 13.0. The van der Waals surface area contributed by atoms with Gasteiger partial charge in [0.2, 0.25) is 0 Å². The molecule has 1 aliphatic rings. The van der Waals surface area contributed by atoms with Crippen LogP contribution in [0.15, 0.2) is 18.2 Å². The zero-order valence-electron chi connectivity index (χ0n) is 10.3. The Kier molecular flexibility index (Phi) is 4.06. The predicted molar refractivity (Wildman–Crippen MR) is 67.3 cm³/mol. The van der Waals surface area contributed by atoms with E-state index in [0.717, 1.165) is 31.4 Å². The topological polar surface area (TPSA) is 43.7 Å². The normalized spacial score (nSPS) is 16.6. The van der Waals surface area contributed by atoms with Crippen LogP contribution in [-0.4, -0.2) is 30.3 Å². The Morgan fingerprint density at radius 3 is 2.21 bits per heavy atom. The van der Waals surface area contributed by atoms with Crippen molar-refractivity contribution < 1.29 is 23.2 Å². The summed E-state index contributed by atoms with van der Waals surface area (Å²) in [5.74, 6) is 0. The first-order chi connectivity index (χ1) is 8.89. The number of halogens is 3. The van der Waals surface area contributed by atoms with Crippen molar-refractivity contribution in [2.45, 2.75) is 25.4 Å². The summed E-state index contributed by atoms with van der Waals surface area (Å²) in [6, 6.07) is 3.23. The Hall–Kier alpha value is -1.21. The highest BCUT2D eigenvalue weighted by Crippen LogP contribution is 2.36. The number of benzene rings is 1. The van der Waals surface area contributed by atoms with Crippen LogP contribution < -0.4 is 10.4 Å². The summed E-state index contributed by atoms with van der Waals surface area (Å²) in [6.07, 6.45) is -1.72. The average molecular weight is 273 g/mol. The monoisotopic (exact) mass is 273 g/mol. The first kappa shape index (κ1) is 14.2. The van der Waals surface area contributed by atoms with E-state index in [-0.39, 0.29) is 11.2 Å². The molecule has 0 bridgehead atoms. The Bertz CT molecular complexity index is 445. The summed E-state index contributed by atoms with van der Waals surface area (Å²) >= 11 is 0. The van der Waals surface area contributed by atoms with Gasteiger partial charge in [0.15, 0.2) is 0 Å². The molecule has 3 nitrogen and oxygen atoms in total. The number of alkyl halides is 3. The van der Waals surface area contributed by atoms with Crippen molar-refractivity contribution in [2.24, 2.45) is 0 Å².